The quantitative estimate of drug-likeness (QED) is 0.835. The average molecular weight is 322 g/mol. The normalized spacial score (nSPS) is 21.4. The molecule has 1 aromatic heterocycles. The molecule has 4 nitrogen and oxygen atoms in total. The number of carbonyl (C=O) groups is 2. The van der Waals surface area contributed by atoms with Crippen molar-refractivity contribution in [2.75, 3.05) is 20.6 Å². The van der Waals surface area contributed by atoms with Gasteiger partial charge < -0.3 is 9.80 Å². The van der Waals surface area contributed by atoms with Crippen LogP contribution < -0.4 is 0 Å². The van der Waals surface area contributed by atoms with Gasteiger partial charge in [0.2, 0.25) is 5.91 Å². The molecule has 2 atom stereocenters. The van der Waals surface area contributed by atoms with Gasteiger partial charge in [-0.25, -0.2) is 0 Å². The second-order valence-corrected chi connectivity index (χ2v) is 6.98. The van der Waals surface area contributed by atoms with Gasteiger partial charge >= 0.3 is 0 Å². The van der Waals surface area contributed by atoms with Crippen LogP contribution in [-0.4, -0.2) is 48.3 Å². The Morgan fingerprint density at radius 2 is 2.00 bits per heavy atom. The molecule has 0 aromatic carbocycles. The molecule has 0 radical (unpaired) electrons. The highest BCUT2D eigenvalue weighted by molar-refractivity contribution is 7.08. The lowest BCUT2D eigenvalue weighted by molar-refractivity contribution is -0.134. The molecule has 5 heteroatoms. The molecule has 0 spiro atoms. The van der Waals surface area contributed by atoms with Crippen molar-refractivity contribution in [3.05, 3.63) is 22.4 Å². The van der Waals surface area contributed by atoms with E-state index in [0.29, 0.717) is 17.5 Å². The summed E-state index contributed by atoms with van der Waals surface area (Å²) in [5.41, 5.74) is 0.659. The van der Waals surface area contributed by atoms with Crippen molar-refractivity contribution in [3.8, 4) is 0 Å². The summed E-state index contributed by atoms with van der Waals surface area (Å²) in [5.74, 6) is 0.552. The molecule has 1 heterocycles. The van der Waals surface area contributed by atoms with Gasteiger partial charge in [-0.3, -0.25) is 9.59 Å². The molecule has 1 aliphatic rings. The SMILES string of the molecule is CC[C@H]1CCCC[C@@H]1N(C)C(=O)CN(C)C(=O)c1ccsc1. The number of likely N-dealkylation sites (N-methyl/N-ethyl adjacent to an activating group) is 2. The number of carbonyl (C=O) groups excluding carboxylic acids is 2. The third-order valence-electron chi connectivity index (χ3n) is 4.77. The number of thiophene rings is 1. The summed E-state index contributed by atoms with van der Waals surface area (Å²) in [4.78, 5) is 28.1. The van der Waals surface area contributed by atoms with Gasteiger partial charge in [0.25, 0.3) is 5.91 Å². The van der Waals surface area contributed by atoms with Gasteiger partial charge in [-0.15, -0.1) is 0 Å². The van der Waals surface area contributed by atoms with E-state index in [0.717, 1.165) is 12.8 Å². The fraction of sp³-hybridized carbons (Fsp3) is 0.647. The number of hydrogen-bond donors (Lipinski definition) is 0. The lowest BCUT2D eigenvalue weighted by atomic mass is 9.82. The lowest BCUT2D eigenvalue weighted by Gasteiger charge is -2.38. The first-order valence-electron chi connectivity index (χ1n) is 8.08. The molecule has 1 aromatic rings. The summed E-state index contributed by atoms with van der Waals surface area (Å²) in [6, 6.07) is 2.13. The molecule has 22 heavy (non-hydrogen) atoms. The van der Waals surface area contributed by atoms with Crippen molar-refractivity contribution in [2.24, 2.45) is 5.92 Å². The zero-order valence-electron chi connectivity index (χ0n) is 13.7. The van der Waals surface area contributed by atoms with Crippen LogP contribution in [0.4, 0.5) is 0 Å². The third-order valence-corrected chi connectivity index (χ3v) is 5.45. The third kappa shape index (κ3) is 3.88. The Bertz CT molecular complexity index is 501. The number of hydrogen-bond acceptors (Lipinski definition) is 3. The summed E-state index contributed by atoms with van der Waals surface area (Å²) < 4.78 is 0. The van der Waals surface area contributed by atoms with Gasteiger partial charge in [0.1, 0.15) is 0 Å². The highest BCUT2D eigenvalue weighted by atomic mass is 32.1. The number of nitrogens with zero attached hydrogens (tertiary/aromatic N) is 2. The summed E-state index contributed by atoms with van der Waals surface area (Å²) in [6.45, 7) is 2.35. The van der Waals surface area contributed by atoms with E-state index in [2.05, 4.69) is 6.92 Å². The van der Waals surface area contributed by atoms with Gasteiger partial charge in [0.05, 0.1) is 12.1 Å². The Balaban J connectivity index is 1.94. The second kappa shape index (κ2) is 7.77. The smallest absolute Gasteiger partial charge is 0.254 e. The summed E-state index contributed by atoms with van der Waals surface area (Å²) in [5, 5.41) is 3.70. The molecule has 0 aliphatic heterocycles. The fourth-order valence-electron chi connectivity index (χ4n) is 3.35. The predicted octanol–water partition coefficient (Wildman–Crippen LogP) is 3.25. The highest BCUT2D eigenvalue weighted by Crippen LogP contribution is 2.30. The molecular weight excluding hydrogens is 296 g/mol. The minimum absolute atomic E-state index is 0.0384. The van der Waals surface area contributed by atoms with E-state index in [9.17, 15) is 9.59 Å². The highest BCUT2D eigenvalue weighted by Gasteiger charge is 2.30. The Morgan fingerprint density at radius 3 is 2.64 bits per heavy atom. The maximum absolute atomic E-state index is 12.5. The van der Waals surface area contributed by atoms with Crippen LogP contribution in [0.3, 0.4) is 0 Å². The van der Waals surface area contributed by atoms with E-state index in [1.807, 2.05) is 22.7 Å². The Labute approximate surface area is 137 Å². The fourth-order valence-corrected chi connectivity index (χ4v) is 3.98. The van der Waals surface area contributed by atoms with Crippen LogP contribution in [0.25, 0.3) is 0 Å². The first kappa shape index (κ1) is 17.0. The minimum atomic E-state index is -0.0846. The maximum Gasteiger partial charge on any atom is 0.254 e. The summed E-state index contributed by atoms with van der Waals surface area (Å²) >= 11 is 1.49. The molecule has 1 fully saturated rings. The van der Waals surface area contributed by atoms with Gasteiger partial charge in [-0.1, -0.05) is 26.2 Å². The van der Waals surface area contributed by atoms with E-state index in [1.54, 1.807) is 13.1 Å². The standard InChI is InChI=1S/C17H26N2O2S/c1-4-13-7-5-6-8-15(13)19(3)16(20)11-18(2)17(21)14-9-10-22-12-14/h9-10,12-13,15H,4-8,11H2,1-3H3/t13-,15-/m0/s1. The molecule has 1 aliphatic carbocycles. The van der Waals surface area contributed by atoms with Crippen molar-refractivity contribution in [1.82, 2.24) is 9.80 Å². The number of amides is 2. The zero-order valence-corrected chi connectivity index (χ0v) is 14.6. The van der Waals surface area contributed by atoms with Gasteiger partial charge in [-0.2, -0.15) is 11.3 Å². The van der Waals surface area contributed by atoms with Crippen molar-refractivity contribution < 1.29 is 9.59 Å². The van der Waals surface area contributed by atoms with Crippen molar-refractivity contribution >= 4 is 23.2 Å². The van der Waals surface area contributed by atoms with E-state index < -0.39 is 0 Å². The van der Waals surface area contributed by atoms with Crippen molar-refractivity contribution in [1.29, 1.82) is 0 Å². The van der Waals surface area contributed by atoms with E-state index in [4.69, 9.17) is 0 Å². The van der Waals surface area contributed by atoms with Gasteiger partial charge in [0, 0.05) is 25.5 Å². The lowest BCUT2D eigenvalue weighted by Crippen LogP contribution is -2.47. The topological polar surface area (TPSA) is 40.6 Å². The molecule has 122 valence electrons. The molecule has 0 saturated heterocycles. The largest absolute Gasteiger partial charge is 0.341 e. The van der Waals surface area contributed by atoms with Crippen LogP contribution >= 0.6 is 11.3 Å². The maximum atomic E-state index is 12.5. The molecule has 2 rings (SSSR count). The first-order chi connectivity index (χ1) is 10.5. The average Bonchev–Trinajstić information content (AvgIpc) is 3.07. The Hall–Kier alpha value is -1.36. The Kier molecular flexibility index (Phi) is 6.00. The molecule has 0 bridgehead atoms. The van der Waals surface area contributed by atoms with Crippen LogP contribution in [0, 0.1) is 5.92 Å². The zero-order chi connectivity index (χ0) is 16.1. The monoisotopic (exact) mass is 322 g/mol. The summed E-state index contributed by atoms with van der Waals surface area (Å²) in [7, 11) is 3.59. The van der Waals surface area contributed by atoms with Crippen LogP contribution in [-0.2, 0) is 4.79 Å². The second-order valence-electron chi connectivity index (χ2n) is 6.20. The first-order valence-corrected chi connectivity index (χ1v) is 9.02. The number of rotatable bonds is 5. The molecule has 0 unspecified atom stereocenters. The van der Waals surface area contributed by atoms with Gasteiger partial charge in [0.15, 0.2) is 0 Å². The van der Waals surface area contributed by atoms with Crippen LogP contribution in [0.2, 0.25) is 0 Å². The predicted molar refractivity (Wildman–Crippen MR) is 90.1 cm³/mol. The Morgan fingerprint density at radius 1 is 1.27 bits per heavy atom. The van der Waals surface area contributed by atoms with Crippen LogP contribution in [0.1, 0.15) is 49.4 Å². The van der Waals surface area contributed by atoms with E-state index in [1.165, 1.54) is 35.5 Å². The van der Waals surface area contributed by atoms with E-state index in [-0.39, 0.29) is 18.4 Å². The molecule has 2 amide bonds. The summed E-state index contributed by atoms with van der Waals surface area (Å²) in [6.07, 6.45) is 5.88. The minimum Gasteiger partial charge on any atom is -0.341 e. The van der Waals surface area contributed by atoms with Crippen molar-refractivity contribution in [2.45, 2.75) is 45.1 Å². The molecule has 1 saturated carbocycles. The van der Waals surface area contributed by atoms with E-state index >= 15 is 0 Å². The molecule has 0 N–H and O–H groups in total. The van der Waals surface area contributed by atoms with Crippen LogP contribution in [0.15, 0.2) is 16.8 Å². The van der Waals surface area contributed by atoms with Crippen molar-refractivity contribution in [3.63, 3.8) is 0 Å². The van der Waals surface area contributed by atoms with Crippen LogP contribution in [0.5, 0.6) is 0 Å². The van der Waals surface area contributed by atoms with Gasteiger partial charge in [-0.05, 0) is 30.2 Å². The molecular formula is C17H26N2O2S.